The van der Waals surface area contributed by atoms with Crippen molar-refractivity contribution in [2.75, 3.05) is 11.4 Å². The summed E-state index contributed by atoms with van der Waals surface area (Å²) in [6, 6.07) is 15.3. The highest BCUT2D eigenvalue weighted by atomic mass is 79.9. The van der Waals surface area contributed by atoms with Crippen LogP contribution in [0.3, 0.4) is 0 Å². The van der Waals surface area contributed by atoms with E-state index in [1.807, 2.05) is 55.5 Å². The molecule has 0 spiro atoms. The first-order chi connectivity index (χ1) is 14.0. The number of nitrogens with zero attached hydrogens (tertiary/aromatic N) is 3. The maximum Gasteiger partial charge on any atom is 0.227 e. The van der Waals surface area contributed by atoms with Gasteiger partial charge >= 0.3 is 0 Å². The molecule has 150 valence electrons. The van der Waals surface area contributed by atoms with Gasteiger partial charge in [0, 0.05) is 29.7 Å². The van der Waals surface area contributed by atoms with Crippen LogP contribution < -0.4 is 10.2 Å². The normalized spacial score (nSPS) is 17.7. The molecule has 2 amide bonds. The van der Waals surface area contributed by atoms with E-state index in [9.17, 15) is 9.59 Å². The fourth-order valence-electron chi connectivity index (χ4n) is 3.93. The van der Waals surface area contributed by atoms with Gasteiger partial charge in [-0.05, 0) is 44.2 Å². The standard InChI is InChI=1S/C22H23BrN4O2/c1-3-26-19-10-5-4-9-18(19)25-21(26)14(2)24-22(29)15-11-20(28)27(13-15)17-8-6-7-16(23)12-17/h4-10,12,14-15H,3,11,13H2,1-2H3,(H,24,29). The largest absolute Gasteiger partial charge is 0.346 e. The third-order valence-corrected chi connectivity index (χ3v) is 5.86. The van der Waals surface area contributed by atoms with E-state index in [4.69, 9.17) is 4.98 Å². The number of hydrogen-bond acceptors (Lipinski definition) is 3. The van der Waals surface area contributed by atoms with E-state index in [1.165, 1.54) is 0 Å². The number of aromatic nitrogens is 2. The molecule has 0 radical (unpaired) electrons. The predicted octanol–water partition coefficient (Wildman–Crippen LogP) is 4.05. The summed E-state index contributed by atoms with van der Waals surface area (Å²) in [6.45, 7) is 5.17. The number of imidazole rings is 1. The van der Waals surface area contributed by atoms with Gasteiger partial charge < -0.3 is 14.8 Å². The Kier molecular flexibility index (Phi) is 5.41. The van der Waals surface area contributed by atoms with Crippen LogP contribution in [-0.2, 0) is 16.1 Å². The fourth-order valence-corrected chi connectivity index (χ4v) is 4.32. The monoisotopic (exact) mass is 454 g/mol. The number of amides is 2. The number of rotatable bonds is 5. The maximum absolute atomic E-state index is 12.9. The highest BCUT2D eigenvalue weighted by molar-refractivity contribution is 9.10. The molecule has 29 heavy (non-hydrogen) atoms. The van der Waals surface area contributed by atoms with Crippen molar-refractivity contribution in [3.8, 4) is 0 Å². The number of anilines is 1. The van der Waals surface area contributed by atoms with Crippen molar-refractivity contribution >= 4 is 44.5 Å². The Labute approximate surface area is 178 Å². The van der Waals surface area contributed by atoms with Gasteiger partial charge in [-0.15, -0.1) is 0 Å². The zero-order valence-electron chi connectivity index (χ0n) is 16.4. The first kappa shape index (κ1) is 19.6. The zero-order valence-corrected chi connectivity index (χ0v) is 18.0. The predicted molar refractivity (Wildman–Crippen MR) is 117 cm³/mol. The number of carbonyl (C=O) groups is 2. The third-order valence-electron chi connectivity index (χ3n) is 5.36. The summed E-state index contributed by atoms with van der Waals surface area (Å²) >= 11 is 3.43. The number of halogens is 1. The Morgan fingerprint density at radius 1 is 1.28 bits per heavy atom. The van der Waals surface area contributed by atoms with E-state index < -0.39 is 0 Å². The van der Waals surface area contributed by atoms with Gasteiger partial charge in [0.05, 0.1) is 23.0 Å². The number of benzene rings is 2. The van der Waals surface area contributed by atoms with Crippen LogP contribution in [0.4, 0.5) is 5.69 Å². The van der Waals surface area contributed by atoms with Crippen molar-refractivity contribution in [1.82, 2.24) is 14.9 Å². The van der Waals surface area contributed by atoms with E-state index >= 15 is 0 Å². The molecule has 7 heteroatoms. The Hall–Kier alpha value is -2.67. The number of fused-ring (bicyclic) bond motifs is 1. The summed E-state index contributed by atoms with van der Waals surface area (Å²) in [4.78, 5) is 31.8. The summed E-state index contributed by atoms with van der Waals surface area (Å²) in [5.41, 5.74) is 2.78. The van der Waals surface area contributed by atoms with Gasteiger partial charge in [0.25, 0.3) is 0 Å². The quantitative estimate of drug-likeness (QED) is 0.632. The van der Waals surface area contributed by atoms with E-state index in [2.05, 4.69) is 32.7 Å². The molecular formula is C22H23BrN4O2. The molecule has 1 fully saturated rings. The number of carbonyl (C=O) groups excluding carboxylic acids is 2. The van der Waals surface area contributed by atoms with Crippen LogP contribution >= 0.6 is 15.9 Å². The van der Waals surface area contributed by atoms with Crippen molar-refractivity contribution in [1.29, 1.82) is 0 Å². The summed E-state index contributed by atoms with van der Waals surface area (Å²) in [5.74, 6) is 0.313. The van der Waals surface area contributed by atoms with E-state index in [1.54, 1.807) is 4.90 Å². The van der Waals surface area contributed by atoms with Gasteiger partial charge in [0.15, 0.2) is 0 Å². The lowest BCUT2D eigenvalue weighted by Crippen LogP contribution is -2.35. The number of nitrogens with one attached hydrogen (secondary N) is 1. The van der Waals surface area contributed by atoms with Gasteiger partial charge in [-0.25, -0.2) is 4.98 Å². The lowest BCUT2D eigenvalue weighted by Gasteiger charge is -2.19. The molecule has 3 aromatic rings. The number of aryl methyl sites for hydroxylation is 1. The summed E-state index contributed by atoms with van der Waals surface area (Å²) < 4.78 is 3.02. The molecule has 0 aliphatic carbocycles. The molecule has 6 nitrogen and oxygen atoms in total. The van der Waals surface area contributed by atoms with Crippen LogP contribution in [0.25, 0.3) is 11.0 Å². The molecule has 1 aromatic heterocycles. The summed E-state index contributed by atoms with van der Waals surface area (Å²) in [5, 5.41) is 3.07. The van der Waals surface area contributed by atoms with Gasteiger partial charge in [-0.1, -0.05) is 34.1 Å². The van der Waals surface area contributed by atoms with Crippen molar-refractivity contribution in [2.45, 2.75) is 32.9 Å². The number of hydrogen-bond donors (Lipinski definition) is 1. The second kappa shape index (κ2) is 7.99. The highest BCUT2D eigenvalue weighted by Gasteiger charge is 2.36. The number of para-hydroxylation sites is 2. The van der Waals surface area contributed by atoms with Crippen LogP contribution in [0.2, 0.25) is 0 Å². The van der Waals surface area contributed by atoms with Crippen molar-refractivity contribution in [3.63, 3.8) is 0 Å². The fraction of sp³-hybridized carbons (Fsp3) is 0.318. The molecule has 2 aromatic carbocycles. The van der Waals surface area contributed by atoms with Crippen LogP contribution in [0.15, 0.2) is 53.0 Å². The Morgan fingerprint density at radius 2 is 2.07 bits per heavy atom. The molecular weight excluding hydrogens is 432 g/mol. The van der Waals surface area contributed by atoms with Crippen LogP contribution in [0, 0.1) is 5.92 Å². The molecule has 2 unspecified atom stereocenters. The molecule has 4 rings (SSSR count). The zero-order chi connectivity index (χ0) is 20.5. The minimum absolute atomic E-state index is 0.0308. The summed E-state index contributed by atoms with van der Waals surface area (Å²) in [7, 11) is 0. The minimum atomic E-state index is -0.372. The Morgan fingerprint density at radius 3 is 2.83 bits per heavy atom. The maximum atomic E-state index is 12.9. The average Bonchev–Trinajstić information content (AvgIpc) is 3.28. The first-order valence-corrected chi connectivity index (χ1v) is 10.6. The molecule has 1 saturated heterocycles. The SMILES string of the molecule is CCn1c(C(C)NC(=O)C2CC(=O)N(c3cccc(Br)c3)C2)nc2ccccc21. The molecule has 0 bridgehead atoms. The molecule has 2 atom stereocenters. The minimum Gasteiger partial charge on any atom is -0.346 e. The lowest BCUT2D eigenvalue weighted by atomic mass is 10.1. The van der Waals surface area contributed by atoms with Gasteiger partial charge in [-0.2, -0.15) is 0 Å². The smallest absolute Gasteiger partial charge is 0.227 e. The molecule has 0 saturated carbocycles. The highest BCUT2D eigenvalue weighted by Crippen LogP contribution is 2.28. The lowest BCUT2D eigenvalue weighted by molar-refractivity contribution is -0.126. The van der Waals surface area contributed by atoms with Crippen molar-refractivity contribution < 1.29 is 9.59 Å². The topological polar surface area (TPSA) is 67.2 Å². The van der Waals surface area contributed by atoms with E-state index in [0.717, 1.165) is 33.6 Å². The molecule has 1 aliphatic rings. The molecule has 1 aliphatic heterocycles. The third kappa shape index (κ3) is 3.79. The van der Waals surface area contributed by atoms with Crippen LogP contribution in [0.5, 0.6) is 0 Å². The van der Waals surface area contributed by atoms with Gasteiger partial charge in [-0.3, -0.25) is 9.59 Å². The van der Waals surface area contributed by atoms with E-state index in [-0.39, 0.29) is 30.2 Å². The molecule has 1 N–H and O–H groups in total. The average molecular weight is 455 g/mol. The second-order valence-electron chi connectivity index (χ2n) is 7.32. The van der Waals surface area contributed by atoms with Crippen molar-refractivity contribution in [3.05, 3.63) is 58.8 Å². The van der Waals surface area contributed by atoms with E-state index in [0.29, 0.717) is 6.54 Å². The summed E-state index contributed by atoms with van der Waals surface area (Å²) in [6.07, 6.45) is 0.218. The van der Waals surface area contributed by atoms with Gasteiger partial charge in [0.2, 0.25) is 11.8 Å². The Balaban J connectivity index is 1.49. The second-order valence-corrected chi connectivity index (χ2v) is 8.23. The first-order valence-electron chi connectivity index (χ1n) is 9.79. The Bertz CT molecular complexity index is 1080. The molecule has 2 heterocycles. The van der Waals surface area contributed by atoms with Crippen LogP contribution in [0.1, 0.15) is 32.1 Å². The van der Waals surface area contributed by atoms with Crippen molar-refractivity contribution in [2.24, 2.45) is 5.92 Å². The van der Waals surface area contributed by atoms with Crippen LogP contribution in [-0.4, -0.2) is 27.9 Å². The van der Waals surface area contributed by atoms with Gasteiger partial charge in [0.1, 0.15) is 5.82 Å².